The van der Waals surface area contributed by atoms with Gasteiger partial charge < -0.3 is 4.74 Å². The van der Waals surface area contributed by atoms with Crippen molar-refractivity contribution in [3.8, 4) is 17.6 Å². The molecule has 3 heteroatoms. The molecule has 0 aliphatic heterocycles. The van der Waals surface area contributed by atoms with Crippen LogP contribution in [0.5, 0.6) is 5.75 Å². The van der Waals surface area contributed by atoms with Crippen molar-refractivity contribution in [3.05, 3.63) is 65.7 Å². The van der Waals surface area contributed by atoms with Gasteiger partial charge in [-0.1, -0.05) is 42.3 Å². The number of rotatable bonds is 3. The van der Waals surface area contributed by atoms with Crippen LogP contribution in [-0.2, 0) is 6.61 Å². The van der Waals surface area contributed by atoms with E-state index in [4.69, 9.17) is 4.74 Å². The average Bonchev–Trinajstić information content (AvgIpc) is 2.44. The normalized spacial score (nSPS) is 9.84. The largest absolute Gasteiger partial charge is 0.489 e. The molecule has 0 unspecified atom stereocenters. The summed E-state index contributed by atoms with van der Waals surface area (Å²) in [5.74, 6) is 4.84. The summed E-state index contributed by atoms with van der Waals surface area (Å²) in [5.41, 5.74) is 1.57. The van der Waals surface area contributed by atoms with E-state index in [0.717, 1.165) is 5.56 Å². The average molecular weight is 258 g/mol. The van der Waals surface area contributed by atoms with Crippen LogP contribution in [0.4, 0.5) is 8.78 Å². The molecule has 0 radical (unpaired) electrons. The minimum absolute atomic E-state index is 0.437. The van der Waals surface area contributed by atoms with Gasteiger partial charge in [0.05, 0.1) is 0 Å². The Hall–Kier alpha value is -2.34. The van der Waals surface area contributed by atoms with Gasteiger partial charge in [0.1, 0.15) is 12.4 Å². The first-order chi connectivity index (χ1) is 9.24. The lowest BCUT2D eigenvalue weighted by Crippen LogP contribution is -1.95. The summed E-state index contributed by atoms with van der Waals surface area (Å²) in [6.07, 6.45) is -2.62. The number of hydrogen-bond donors (Lipinski definition) is 0. The first-order valence-corrected chi connectivity index (χ1v) is 5.80. The van der Waals surface area contributed by atoms with Crippen molar-refractivity contribution in [1.29, 1.82) is 0 Å². The molecule has 0 fully saturated rings. The molecule has 0 N–H and O–H groups in total. The van der Waals surface area contributed by atoms with Gasteiger partial charge in [-0.15, -0.1) is 0 Å². The fourth-order valence-electron chi connectivity index (χ4n) is 1.54. The predicted molar refractivity (Wildman–Crippen MR) is 70.1 cm³/mol. The van der Waals surface area contributed by atoms with Crippen LogP contribution >= 0.6 is 0 Å². The molecule has 0 aromatic heterocycles. The lowest BCUT2D eigenvalue weighted by molar-refractivity contribution is 0.215. The second-order valence-electron chi connectivity index (χ2n) is 3.87. The maximum absolute atomic E-state index is 12.0. The molecule has 0 heterocycles. The van der Waals surface area contributed by atoms with Crippen LogP contribution < -0.4 is 4.74 Å². The number of ether oxygens (including phenoxy) is 1. The van der Waals surface area contributed by atoms with Crippen molar-refractivity contribution >= 4 is 0 Å². The molecule has 2 aromatic rings. The van der Waals surface area contributed by atoms with E-state index < -0.39 is 6.43 Å². The Labute approximate surface area is 110 Å². The highest BCUT2D eigenvalue weighted by Gasteiger charge is 1.97. The molecule has 2 aromatic carbocycles. The SMILES string of the molecule is FC(F)C#Cc1cccc(OCc2ccccc2)c1. The minimum atomic E-state index is -2.62. The zero-order chi connectivity index (χ0) is 13.5. The van der Waals surface area contributed by atoms with E-state index in [9.17, 15) is 8.78 Å². The Bertz CT molecular complexity index is 582. The molecular formula is C16H12F2O. The van der Waals surface area contributed by atoms with E-state index in [-0.39, 0.29) is 0 Å². The van der Waals surface area contributed by atoms with Gasteiger partial charge in [-0.3, -0.25) is 0 Å². The number of benzene rings is 2. The summed E-state index contributed by atoms with van der Waals surface area (Å²) in [6, 6.07) is 16.5. The van der Waals surface area contributed by atoms with Crippen LogP contribution in [0.25, 0.3) is 0 Å². The Kier molecular flexibility index (Phi) is 4.52. The molecule has 0 aliphatic carbocycles. The van der Waals surface area contributed by atoms with Crippen molar-refractivity contribution in [2.24, 2.45) is 0 Å². The molecule has 0 saturated heterocycles. The molecule has 0 amide bonds. The molecule has 0 bridgehead atoms. The minimum Gasteiger partial charge on any atom is -0.489 e. The lowest BCUT2D eigenvalue weighted by atomic mass is 10.2. The monoisotopic (exact) mass is 258 g/mol. The van der Waals surface area contributed by atoms with Crippen LogP contribution in [0, 0.1) is 11.8 Å². The van der Waals surface area contributed by atoms with Gasteiger partial charge in [0.25, 0.3) is 6.43 Å². The van der Waals surface area contributed by atoms with Crippen LogP contribution in [0.15, 0.2) is 54.6 Å². The zero-order valence-electron chi connectivity index (χ0n) is 10.1. The zero-order valence-corrected chi connectivity index (χ0v) is 10.1. The van der Waals surface area contributed by atoms with Crippen LogP contribution in [0.3, 0.4) is 0 Å². The summed E-state index contributed by atoms with van der Waals surface area (Å²) in [5, 5.41) is 0. The van der Waals surface area contributed by atoms with Gasteiger partial charge in [0, 0.05) is 5.56 Å². The van der Waals surface area contributed by atoms with E-state index >= 15 is 0 Å². The van der Waals surface area contributed by atoms with E-state index in [0.29, 0.717) is 17.9 Å². The third-order valence-electron chi connectivity index (χ3n) is 2.41. The van der Waals surface area contributed by atoms with Gasteiger partial charge in [0.15, 0.2) is 0 Å². The predicted octanol–water partition coefficient (Wildman–Crippen LogP) is 3.88. The molecule has 0 aliphatic rings. The summed E-state index contributed by atoms with van der Waals surface area (Å²) < 4.78 is 29.6. The highest BCUT2D eigenvalue weighted by molar-refractivity contribution is 5.40. The summed E-state index contributed by atoms with van der Waals surface area (Å²) in [7, 11) is 0. The van der Waals surface area contributed by atoms with E-state index in [1.807, 2.05) is 36.3 Å². The lowest BCUT2D eigenvalue weighted by Gasteiger charge is -2.06. The van der Waals surface area contributed by atoms with E-state index in [2.05, 4.69) is 5.92 Å². The van der Waals surface area contributed by atoms with Gasteiger partial charge in [-0.05, 0) is 29.7 Å². The molecule has 19 heavy (non-hydrogen) atoms. The molecule has 1 nitrogen and oxygen atoms in total. The number of alkyl halides is 2. The van der Waals surface area contributed by atoms with Gasteiger partial charge in [0.2, 0.25) is 0 Å². The third kappa shape index (κ3) is 4.44. The van der Waals surface area contributed by atoms with Gasteiger partial charge in [-0.25, -0.2) is 0 Å². The Morgan fingerprint density at radius 3 is 2.53 bits per heavy atom. The fraction of sp³-hybridized carbons (Fsp3) is 0.125. The maximum Gasteiger partial charge on any atom is 0.299 e. The van der Waals surface area contributed by atoms with Crippen molar-refractivity contribution < 1.29 is 13.5 Å². The Morgan fingerprint density at radius 2 is 1.79 bits per heavy atom. The van der Waals surface area contributed by atoms with Gasteiger partial charge in [-0.2, -0.15) is 8.78 Å². The second kappa shape index (κ2) is 6.55. The van der Waals surface area contributed by atoms with Crippen molar-refractivity contribution in [2.75, 3.05) is 0 Å². The smallest absolute Gasteiger partial charge is 0.299 e. The first-order valence-electron chi connectivity index (χ1n) is 5.80. The maximum atomic E-state index is 12.0. The second-order valence-corrected chi connectivity index (χ2v) is 3.87. The standard InChI is InChI=1S/C16H12F2O/c17-16(18)10-9-13-7-4-8-15(11-13)19-12-14-5-2-1-3-6-14/h1-8,11,16H,12H2. The molecular weight excluding hydrogens is 246 g/mol. The highest BCUT2D eigenvalue weighted by Crippen LogP contribution is 2.14. The van der Waals surface area contributed by atoms with Crippen molar-refractivity contribution in [1.82, 2.24) is 0 Å². The molecule has 96 valence electrons. The Morgan fingerprint density at radius 1 is 1.00 bits per heavy atom. The van der Waals surface area contributed by atoms with Crippen molar-refractivity contribution in [2.45, 2.75) is 13.0 Å². The van der Waals surface area contributed by atoms with Crippen LogP contribution in [0.1, 0.15) is 11.1 Å². The third-order valence-corrected chi connectivity index (χ3v) is 2.41. The molecule has 0 atom stereocenters. The number of halogens is 2. The topological polar surface area (TPSA) is 9.23 Å². The number of hydrogen-bond acceptors (Lipinski definition) is 1. The van der Waals surface area contributed by atoms with Crippen LogP contribution in [0.2, 0.25) is 0 Å². The summed E-state index contributed by atoms with van der Waals surface area (Å²) in [6.45, 7) is 0.437. The Balaban J connectivity index is 2.02. The summed E-state index contributed by atoms with van der Waals surface area (Å²) >= 11 is 0. The van der Waals surface area contributed by atoms with Crippen LogP contribution in [-0.4, -0.2) is 6.43 Å². The van der Waals surface area contributed by atoms with Crippen molar-refractivity contribution in [3.63, 3.8) is 0 Å². The molecule has 0 saturated carbocycles. The fourth-order valence-corrected chi connectivity index (χ4v) is 1.54. The highest BCUT2D eigenvalue weighted by atomic mass is 19.3. The molecule has 2 rings (SSSR count). The quantitative estimate of drug-likeness (QED) is 0.759. The summed E-state index contributed by atoms with van der Waals surface area (Å²) in [4.78, 5) is 0. The first kappa shape index (κ1) is 13.1. The van der Waals surface area contributed by atoms with Gasteiger partial charge >= 0.3 is 0 Å². The molecule has 0 spiro atoms. The van der Waals surface area contributed by atoms with E-state index in [1.54, 1.807) is 24.3 Å². The van der Waals surface area contributed by atoms with E-state index in [1.165, 1.54) is 0 Å².